The summed E-state index contributed by atoms with van der Waals surface area (Å²) in [7, 11) is 0. The maximum Gasteiger partial charge on any atom is 0.280 e. The molecule has 0 fully saturated rings. The number of amides is 1. The van der Waals surface area contributed by atoms with Gasteiger partial charge in [-0.1, -0.05) is 30.3 Å². The topological polar surface area (TPSA) is 165 Å². The van der Waals surface area contributed by atoms with E-state index in [1.807, 2.05) is 30.3 Å². The molecule has 13 nitrogen and oxygen atoms in total. The van der Waals surface area contributed by atoms with Gasteiger partial charge in [0.05, 0.1) is 46.5 Å². The van der Waals surface area contributed by atoms with E-state index in [1.165, 1.54) is 10.6 Å². The normalized spacial score (nSPS) is 11.3. The molecule has 4 rings (SSSR count). The molecular weight excluding hydrogens is 516 g/mol. The van der Waals surface area contributed by atoms with Crippen molar-refractivity contribution in [2.24, 2.45) is 4.99 Å². The number of non-ortho nitro benzene ring substituents is 2. The van der Waals surface area contributed by atoms with Gasteiger partial charge < -0.3 is 9.47 Å². The highest BCUT2D eigenvalue weighted by Crippen LogP contribution is 2.26. The predicted molar refractivity (Wildman–Crippen MR) is 137 cm³/mol. The van der Waals surface area contributed by atoms with Gasteiger partial charge >= 0.3 is 0 Å². The van der Waals surface area contributed by atoms with E-state index in [0.29, 0.717) is 18.9 Å². The van der Waals surface area contributed by atoms with Gasteiger partial charge in [0.2, 0.25) is 22.5 Å². The van der Waals surface area contributed by atoms with Gasteiger partial charge in [-0.05, 0) is 19.4 Å². The Morgan fingerprint density at radius 3 is 2.05 bits per heavy atom. The van der Waals surface area contributed by atoms with Gasteiger partial charge in [-0.2, -0.15) is 15.0 Å². The molecule has 0 saturated carbocycles. The lowest BCUT2D eigenvalue weighted by atomic mass is 10.1. The van der Waals surface area contributed by atoms with Crippen LogP contribution in [0.2, 0.25) is 0 Å². The third kappa shape index (κ3) is 5.70. The van der Waals surface area contributed by atoms with Crippen molar-refractivity contribution in [1.82, 2.24) is 14.5 Å². The summed E-state index contributed by atoms with van der Waals surface area (Å²) in [5, 5.41) is 24.3. The van der Waals surface area contributed by atoms with Crippen molar-refractivity contribution < 1.29 is 24.1 Å². The quantitative estimate of drug-likeness (QED) is 0.223. The number of carbonyl (C=O) groups excluding carboxylic acids is 1. The molecule has 0 bridgehead atoms. The van der Waals surface area contributed by atoms with Gasteiger partial charge in [-0.15, -0.1) is 11.3 Å². The zero-order valence-corrected chi connectivity index (χ0v) is 21.0. The van der Waals surface area contributed by atoms with Crippen LogP contribution in [-0.4, -0.2) is 43.5 Å². The Bertz CT molecular complexity index is 1530. The van der Waals surface area contributed by atoms with Crippen LogP contribution in [0.1, 0.15) is 24.2 Å². The number of benzene rings is 2. The van der Waals surface area contributed by atoms with Crippen LogP contribution in [-0.2, 0) is 0 Å². The largest absolute Gasteiger partial charge is 0.478 e. The van der Waals surface area contributed by atoms with Crippen LogP contribution in [0.5, 0.6) is 11.8 Å². The number of carbonyl (C=O) groups is 1. The number of nitro benzene ring substituents is 2. The minimum Gasteiger partial charge on any atom is -0.478 e. The number of hydrogen-bond acceptors (Lipinski definition) is 10. The van der Waals surface area contributed by atoms with E-state index in [-0.39, 0.29) is 28.1 Å². The molecular formula is C24H20N6O7S. The Morgan fingerprint density at radius 2 is 1.53 bits per heavy atom. The van der Waals surface area contributed by atoms with Crippen LogP contribution in [0, 0.1) is 20.2 Å². The molecule has 2 heterocycles. The molecule has 0 saturated heterocycles. The highest BCUT2D eigenvalue weighted by Gasteiger charge is 2.21. The number of ether oxygens (including phenoxy) is 2. The van der Waals surface area contributed by atoms with E-state index in [9.17, 15) is 25.0 Å². The van der Waals surface area contributed by atoms with Crippen LogP contribution in [0.4, 0.5) is 11.4 Å². The van der Waals surface area contributed by atoms with E-state index >= 15 is 0 Å². The second-order valence-electron chi connectivity index (χ2n) is 7.48. The van der Waals surface area contributed by atoms with Crippen LogP contribution in [0.3, 0.4) is 0 Å². The maximum absolute atomic E-state index is 13.1. The van der Waals surface area contributed by atoms with Crippen LogP contribution >= 0.6 is 11.3 Å². The van der Waals surface area contributed by atoms with Crippen LogP contribution in [0.25, 0.3) is 17.2 Å². The average Bonchev–Trinajstić information content (AvgIpc) is 3.32. The van der Waals surface area contributed by atoms with Crippen molar-refractivity contribution in [2.75, 3.05) is 13.2 Å². The minimum atomic E-state index is -0.919. The lowest BCUT2D eigenvalue weighted by Gasteiger charge is -2.11. The summed E-state index contributed by atoms with van der Waals surface area (Å²) in [5.41, 5.74) is -0.145. The molecule has 0 N–H and O–H groups in total. The highest BCUT2D eigenvalue weighted by atomic mass is 32.1. The minimum absolute atomic E-state index is 0.107. The molecule has 1 amide bonds. The second-order valence-corrected chi connectivity index (χ2v) is 8.32. The van der Waals surface area contributed by atoms with Crippen molar-refractivity contribution in [1.29, 1.82) is 0 Å². The van der Waals surface area contributed by atoms with Crippen LogP contribution < -0.4 is 14.3 Å². The summed E-state index contributed by atoms with van der Waals surface area (Å²) in [5.74, 6) is -0.329. The van der Waals surface area contributed by atoms with Gasteiger partial charge in [0.15, 0.2) is 0 Å². The molecule has 0 radical (unpaired) electrons. The number of aromatic nitrogens is 3. The molecule has 0 aliphatic heterocycles. The number of hydrogen-bond donors (Lipinski definition) is 0. The molecule has 2 aromatic heterocycles. The molecule has 14 heteroatoms. The molecule has 194 valence electrons. The van der Waals surface area contributed by atoms with E-state index in [4.69, 9.17) is 9.47 Å². The summed E-state index contributed by atoms with van der Waals surface area (Å²) in [4.78, 5) is 47.2. The van der Waals surface area contributed by atoms with E-state index in [0.717, 1.165) is 35.1 Å². The third-order valence-electron chi connectivity index (χ3n) is 5.00. The first kappa shape index (κ1) is 26.1. The van der Waals surface area contributed by atoms with Gasteiger partial charge in [0, 0.05) is 17.5 Å². The van der Waals surface area contributed by atoms with Crippen molar-refractivity contribution >= 4 is 28.6 Å². The zero-order chi connectivity index (χ0) is 27.2. The summed E-state index contributed by atoms with van der Waals surface area (Å²) in [6.07, 6.45) is 0. The fraction of sp³-hybridized carbons (Fsp3) is 0.167. The summed E-state index contributed by atoms with van der Waals surface area (Å²) in [6, 6.07) is 13.4. The third-order valence-corrected chi connectivity index (χ3v) is 5.82. The summed E-state index contributed by atoms with van der Waals surface area (Å²) >= 11 is 1.09. The standard InChI is InChI=1S/C24H20N6O7S/c1-3-36-20-13-21(37-4-2)26-23(25-20)28-19(15-8-6-5-7-9-15)14-38-24(28)27-22(31)16-10-17(29(32)33)12-18(11-16)30(34)35/h5-14H,3-4H2,1-2H3. The Morgan fingerprint density at radius 1 is 0.947 bits per heavy atom. The van der Waals surface area contributed by atoms with Gasteiger partial charge in [-0.25, -0.2) is 0 Å². The smallest absolute Gasteiger partial charge is 0.280 e. The highest BCUT2D eigenvalue weighted by molar-refractivity contribution is 7.07. The molecule has 0 unspecified atom stereocenters. The second kappa shape index (κ2) is 11.4. The molecule has 0 aliphatic carbocycles. The monoisotopic (exact) mass is 536 g/mol. The van der Waals surface area contributed by atoms with Crippen molar-refractivity contribution in [3.8, 4) is 29.0 Å². The molecule has 0 spiro atoms. The van der Waals surface area contributed by atoms with Crippen LogP contribution in [0.15, 0.2) is 65.0 Å². The first-order chi connectivity index (χ1) is 18.3. The van der Waals surface area contributed by atoms with E-state index in [1.54, 1.807) is 19.2 Å². The Hall–Kier alpha value is -4.98. The lowest BCUT2D eigenvalue weighted by Crippen LogP contribution is -2.19. The number of nitro groups is 2. The SMILES string of the molecule is CCOc1cc(OCC)nc(-n2c(-c3ccccc3)csc2=NC(=O)c2cc([N+](=O)[O-])cc([N+](=O)[O-])c2)n1. The summed E-state index contributed by atoms with van der Waals surface area (Å²) < 4.78 is 12.7. The summed E-state index contributed by atoms with van der Waals surface area (Å²) in [6.45, 7) is 4.27. The van der Waals surface area contributed by atoms with Gasteiger partial charge in [0.25, 0.3) is 17.3 Å². The zero-order valence-electron chi connectivity index (χ0n) is 20.1. The van der Waals surface area contributed by atoms with Gasteiger partial charge in [-0.3, -0.25) is 29.6 Å². The molecule has 0 atom stereocenters. The maximum atomic E-state index is 13.1. The van der Waals surface area contributed by atoms with Gasteiger partial charge in [0.1, 0.15) is 0 Å². The molecule has 2 aromatic carbocycles. The lowest BCUT2D eigenvalue weighted by molar-refractivity contribution is -0.394. The first-order valence-electron chi connectivity index (χ1n) is 11.2. The molecule has 0 aliphatic rings. The average molecular weight is 537 g/mol. The molecule has 4 aromatic rings. The fourth-order valence-electron chi connectivity index (χ4n) is 3.41. The fourth-order valence-corrected chi connectivity index (χ4v) is 4.29. The van der Waals surface area contributed by atoms with Crippen molar-refractivity contribution in [3.05, 3.63) is 90.6 Å². The first-order valence-corrected chi connectivity index (χ1v) is 12.1. The van der Waals surface area contributed by atoms with E-state index < -0.39 is 27.1 Å². The van der Waals surface area contributed by atoms with Crippen molar-refractivity contribution in [3.63, 3.8) is 0 Å². The Labute approximate surface area is 219 Å². The Kier molecular flexibility index (Phi) is 7.82. The Balaban J connectivity index is 1.94. The number of nitrogens with zero attached hydrogens (tertiary/aromatic N) is 6. The number of rotatable bonds is 9. The van der Waals surface area contributed by atoms with E-state index in [2.05, 4.69) is 15.0 Å². The predicted octanol–water partition coefficient (Wildman–Crippen LogP) is 4.35. The number of thiazole rings is 1. The molecule has 38 heavy (non-hydrogen) atoms. The van der Waals surface area contributed by atoms with Crippen molar-refractivity contribution in [2.45, 2.75) is 13.8 Å².